The molecule has 0 fully saturated rings. The van der Waals surface area contributed by atoms with Crippen molar-refractivity contribution >= 4 is 33.1 Å². The summed E-state index contributed by atoms with van der Waals surface area (Å²) in [6.07, 6.45) is -4.89. The Labute approximate surface area is 175 Å². The molecule has 3 aromatic carbocycles. The highest BCUT2D eigenvalue weighted by Gasteiger charge is 2.31. The van der Waals surface area contributed by atoms with Crippen LogP contribution in [0.3, 0.4) is 0 Å². The van der Waals surface area contributed by atoms with Crippen molar-refractivity contribution in [3.05, 3.63) is 78.9 Å². The summed E-state index contributed by atoms with van der Waals surface area (Å²) in [5, 5.41) is 5.15. The van der Waals surface area contributed by atoms with Crippen LogP contribution in [0, 0.1) is 0 Å². The number of benzene rings is 3. The molecule has 0 saturated carbocycles. The maximum Gasteiger partial charge on any atom is 0.573 e. The molecule has 0 spiro atoms. The Kier molecular flexibility index (Phi) is 6.35. The van der Waals surface area contributed by atoms with E-state index in [1.54, 1.807) is 42.5 Å². The Hall–Kier alpha value is -3.73. The van der Waals surface area contributed by atoms with Crippen molar-refractivity contribution < 1.29 is 31.1 Å². The molecule has 0 radical (unpaired) electrons. The first-order valence-corrected chi connectivity index (χ1v) is 10.2. The standard InChI is InChI=1S/C20H16F3N3O4S/c21-20(22,23)30-15-10-12-16(13-11-15)31(28,29)26-18-9-5-4-8-17(18)25-19(27)24-14-6-2-1-3-7-14/h1-13,26H,(H2,24,25,27). The number of nitrogens with one attached hydrogen (secondary N) is 3. The van der Waals surface area contributed by atoms with E-state index in [0.717, 1.165) is 24.3 Å². The first kappa shape index (κ1) is 22.0. The van der Waals surface area contributed by atoms with E-state index in [1.165, 1.54) is 12.1 Å². The van der Waals surface area contributed by atoms with Crippen molar-refractivity contribution in [3.8, 4) is 5.75 Å². The molecule has 3 N–H and O–H groups in total. The van der Waals surface area contributed by atoms with Gasteiger partial charge in [-0.2, -0.15) is 0 Å². The first-order chi connectivity index (χ1) is 14.6. The lowest BCUT2D eigenvalue weighted by Crippen LogP contribution is -2.21. The van der Waals surface area contributed by atoms with Gasteiger partial charge in [0, 0.05) is 5.69 Å². The van der Waals surface area contributed by atoms with Crippen molar-refractivity contribution in [3.63, 3.8) is 0 Å². The average molecular weight is 451 g/mol. The van der Waals surface area contributed by atoms with Crippen LogP contribution in [0.4, 0.5) is 35.0 Å². The molecule has 3 rings (SSSR count). The molecular weight excluding hydrogens is 435 g/mol. The van der Waals surface area contributed by atoms with Crippen LogP contribution in [0.15, 0.2) is 83.8 Å². The molecule has 31 heavy (non-hydrogen) atoms. The number of carbonyl (C=O) groups is 1. The molecule has 0 aliphatic carbocycles. The molecule has 162 valence electrons. The van der Waals surface area contributed by atoms with Gasteiger partial charge in [0.1, 0.15) is 5.75 Å². The number of para-hydroxylation sites is 3. The summed E-state index contributed by atoms with van der Waals surface area (Å²) in [5.41, 5.74) is 0.789. The zero-order chi connectivity index (χ0) is 22.5. The number of hydrogen-bond acceptors (Lipinski definition) is 4. The van der Waals surface area contributed by atoms with E-state index >= 15 is 0 Å². The van der Waals surface area contributed by atoms with Crippen molar-refractivity contribution in [2.24, 2.45) is 0 Å². The van der Waals surface area contributed by atoms with E-state index in [2.05, 4.69) is 20.1 Å². The summed E-state index contributed by atoms with van der Waals surface area (Å²) < 4.78 is 68.1. The van der Waals surface area contributed by atoms with Crippen LogP contribution in [-0.4, -0.2) is 20.8 Å². The van der Waals surface area contributed by atoms with Crippen molar-refractivity contribution in [2.75, 3.05) is 15.4 Å². The first-order valence-electron chi connectivity index (χ1n) is 8.73. The monoisotopic (exact) mass is 451 g/mol. The number of halogens is 3. The number of carbonyl (C=O) groups excluding carboxylic acids is 1. The van der Waals surface area contributed by atoms with Gasteiger partial charge in [0.15, 0.2) is 0 Å². The molecule has 0 aromatic heterocycles. The van der Waals surface area contributed by atoms with Gasteiger partial charge in [-0.25, -0.2) is 13.2 Å². The van der Waals surface area contributed by atoms with Gasteiger partial charge in [-0.1, -0.05) is 30.3 Å². The van der Waals surface area contributed by atoms with E-state index in [9.17, 15) is 26.4 Å². The fourth-order valence-corrected chi connectivity index (χ4v) is 3.59. The smallest absolute Gasteiger partial charge is 0.406 e. The maximum absolute atomic E-state index is 12.6. The highest BCUT2D eigenvalue weighted by Crippen LogP contribution is 2.27. The molecule has 0 aliphatic rings. The lowest BCUT2D eigenvalue weighted by Gasteiger charge is -2.14. The third-order valence-electron chi connectivity index (χ3n) is 3.82. The number of hydrogen-bond donors (Lipinski definition) is 3. The third-order valence-corrected chi connectivity index (χ3v) is 5.20. The van der Waals surface area contributed by atoms with Crippen LogP contribution in [-0.2, 0) is 10.0 Å². The van der Waals surface area contributed by atoms with Gasteiger partial charge in [-0.05, 0) is 48.5 Å². The minimum Gasteiger partial charge on any atom is -0.406 e. The lowest BCUT2D eigenvalue weighted by molar-refractivity contribution is -0.274. The minimum atomic E-state index is -4.89. The van der Waals surface area contributed by atoms with Gasteiger partial charge in [0.2, 0.25) is 0 Å². The van der Waals surface area contributed by atoms with Crippen molar-refractivity contribution in [1.29, 1.82) is 0 Å². The molecular formula is C20H16F3N3O4S. The van der Waals surface area contributed by atoms with Gasteiger partial charge >= 0.3 is 12.4 Å². The molecule has 0 heterocycles. The predicted octanol–water partition coefficient (Wildman–Crippen LogP) is 5.03. The predicted molar refractivity (Wildman–Crippen MR) is 109 cm³/mol. The molecule has 2 amide bonds. The molecule has 7 nitrogen and oxygen atoms in total. The molecule has 0 bridgehead atoms. The van der Waals surface area contributed by atoms with Crippen LogP contribution in [0.1, 0.15) is 0 Å². The van der Waals surface area contributed by atoms with E-state index in [1.807, 2.05) is 0 Å². The molecule has 11 heteroatoms. The summed E-state index contributed by atoms with van der Waals surface area (Å²) in [4.78, 5) is 11.9. The Bertz CT molecular complexity index is 1150. The Morgan fingerprint density at radius 3 is 1.97 bits per heavy atom. The Morgan fingerprint density at radius 1 is 0.774 bits per heavy atom. The van der Waals surface area contributed by atoms with Gasteiger partial charge in [0.05, 0.1) is 16.3 Å². The summed E-state index contributed by atoms with van der Waals surface area (Å²) in [6, 6.07) is 17.8. The number of rotatable bonds is 6. The summed E-state index contributed by atoms with van der Waals surface area (Å²) in [5.74, 6) is -0.550. The highest BCUT2D eigenvalue weighted by atomic mass is 32.2. The molecule has 0 aliphatic heterocycles. The largest absolute Gasteiger partial charge is 0.573 e. The van der Waals surface area contributed by atoms with E-state index < -0.39 is 28.2 Å². The van der Waals surface area contributed by atoms with Crippen LogP contribution in [0.5, 0.6) is 5.75 Å². The van der Waals surface area contributed by atoms with Crippen molar-refractivity contribution in [2.45, 2.75) is 11.3 Å². The van der Waals surface area contributed by atoms with Crippen LogP contribution < -0.4 is 20.1 Å². The zero-order valence-corrected chi connectivity index (χ0v) is 16.5. The molecule has 3 aromatic rings. The topological polar surface area (TPSA) is 96.5 Å². The number of sulfonamides is 1. The fraction of sp³-hybridized carbons (Fsp3) is 0.0500. The van der Waals surface area contributed by atoms with E-state index in [0.29, 0.717) is 5.69 Å². The van der Waals surface area contributed by atoms with Crippen LogP contribution in [0.2, 0.25) is 0 Å². The fourth-order valence-electron chi connectivity index (χ4n) is 2.51. The molecule has 0 atom stereocenters. The highest BCUT2D eigenvalue weighted by molar-refractivity contribution is 7.92. The minimum absolute atomic E-state index is 0.0707. The summed E-state index contributed by atoms with van der Waals surface area (Å²) in [6.45, 7) is 0. The Balaban J connectivity index is 1.74. The SMILES string of the molecule is O=C(Nc1ccccc1)Nc1ccccc1NS(=O)(=O)c1ccc(OC(F)(F)F)cc1. The van der Waals surface area contributed by atoms with E-state index in [-0.39, 0.29) is 16.3 Å². The average Bonchev–Trinajstić information content (AvgIpc) is 2.69. The van der Waals surface area contributed by atoms with Gasteiger partial charge in [-0.3, -0.25) is 4.72 Å². The number of alkyl halides is 3. The van der Waals surface area contributed by atoms with Gasteiger partial charge < -0.3 is 15.4 Å². The quantitative estimate of drug-likeness (QED) is 0.490. The van der Waals surface area contributed by atoms with Gasteiger partial charge in [-0.15, -0.1) is 13.2 Å². The van der Waals surface area contributed by atoms with Crippen LogP contribution >= 0.6 is 0 Å². The third kappa shape index (κ3) is 6.37. The van der Waals surface area contributed by atoms with E-state index in [4.69, 9.17) is 0 Å². The van der Waals surface area contributed by atoms with Crippen LogP contribution in [0.25, 0.3) is 0 Å². The Morgan fingerprint density at radius 2 is 1.35 bits per heavy atom. The second-order valence-electron chi connectivity index (χ2n) is 6.12. The second kappa shape index (κ2) is 8.96. The summed E-state index contributed by atoms with van der Waals surface area (Å²) in [7, 11) is -4.15. The normalized spacial score (nSPS) is 11.5. The zero-order valence-electron chi connectivity index (χ0n) is 15.7. The molecule has 0 unspecified atom stereocenters. The van der Waals surface area contributed by atoms with Gasteiger partial charge in [0.25, 0.3) is 10.0 Å². The lowest BCUT2D eigenvalue weighted by atomic mass is 10.3. The summed E-state index contributed by atoms with van der Waals surface area (Å²) >= 11 is 0. The number of anilines is 3. The molecule has 0 saturated heterocycles. The number of amides is 2. The number of ether oxygens (including phenoxy) is 1. The van der Waals surface area contributed by atoms with Crippen molar-refractivity contribution in [1.82, 2.24) is 0 Å². The second-order valence-corrected chi connectivity index (χ2v) is 7.80. The maximum atomic E-state index is 12.6. The number of urea groups is 1.